The van der Waals surface area contributed by atoms with Gasteiger partial charge in [0.15, 0.2) is 5.78 Å². The number of ether oxygens (including phenoxy) is 3. The third-order valence-electron chi connectivity index (χ3n) is 4.94. The van der Waals surface area contributed by atoms with Gasteiger partial charge in [-0.15, -0.1) is 0 Å². The summed E-state index contributed by atoms with van der Waals surface area (Å²) in [5, 5.41) is 9.75. The highest BCUT2D eigenvalue weighted by Crippen LogP contribution is 2.31. The smallest absolute Gasteiger partial charge is 0.349 e. The number of nitrogens with zero attached hydrogens (tertiary/aromatic N) is 2. The number of benzene rings is 3. The summed E-state index contributed by atoms with van der Waals surface area (Å²) in [5.74, 6) is -0.287. The molecule has 4 aromatic rings. The fourth-order valence-corrected chi connectivity index (χ4v) is 3.75. The second-order valence-corrected chi connectivity index (χ2v) is 7.73. The summed E-state index contributed by atoms with van der Waals surface area (Å²) in [6, 6.07) is 16.9. The van der Waals surface area contributed by atoms with Crippen molar-refractivity contribution in [2.45, 2.75) is 19.6 Å². The molecule has 1 unspecified atom stereocenters. The van der Waals surface area contributed by atoms with Crippen molar-refractivity contribution in [2.24, 2.45) is 0 Å². The summed E-state index contributed by atoms with van der Waals surface area (Å²) in [6.07, 6.45) is -1.32. The van der Waals surface area contributed by atoms with Crippen molar-refractivity contribution in [1.29, 1.82) is 0 Å². The van der Waals surface area contributed by atoms with Gasteiger partial charge >= 0.3 is 5.97 Å². The summed E-state index contributed by atoms with van der Waals surface area (Å²) in [6.45, 7) is 1.65. The number of aromatic nitrogens is 2. The molecule has 0 bridgehead atoms. The number of aliphatic carboxylic acids is 1. The zero-order valence-electron chi connectivity index (χ0n) is 17.8. The minimum Gasteiger partial charge on any atom is -0.497 e. The Balaban J connectivity index is 1.57. The number of Topliss-reactive ketones (excluding diaryl/α,β-unsaturated/α-hetero) is 1. The zero-order chi connectivity index (χ0) is 23.4. The van der Waals surface area contributed by atoms with E-state index in [1.165, 1.54) is 20.1 Å². The van der Waals surface area contributed by atoms with E-state index in [-0.39, 0.29) is 23.7 Å². The molecule has 33 heavy (non-hydrogen) atoms. The first-order valence-electron chi connectivity index (χ1n) is 9.97. The van der Waals surface area contributed by atoms with Gasteiger partial charge in [-0.05, 0) is 48.9 Å². The van der Waals surface area contributed by atoms with Crippen LogP contribution in [0.15, 0.2) is 60.7 Å². The highest BCUT2D eigenvalue weighted by molar-refractivity contribution is 7.00. The molecule has 1 atom stereocenters. The maximum absolute atomic E-state index is 12.1. The van der Waals surface area contributed by atoms with Crippen LogP contribution in [-0.4, -0.2) is 32.7 Å². The predicted octanol–water partition coefficient (Wildman–Crippen LogP) is 4.69. The van der Waals surface area contributed by atoms with E-state index in [0.717, 1.165) is 28.3 Å². The van der Waals surface area contributed by atoms with E-state index >= 15 is 0 Å². The Morgan fingerprint density at radius 1 is 0.970 bits per heavy atom. The van der Waals surface area contributed by atoms with Crippen molar-refractivity contribution < 1.29 is 28.9 Å². The van der Waals surface area contributed by atoms with Crippen LogP contribution in [0.4, 0.5) is 0 Å². The van der Waals surface area contributed by atoms with Gasteiger partial charge in [0.25, 0.3) is 0 Å². The first kappa shape index (κ1) is 22.2. The molecule has 9 heteroatoms. The monoisotopic (exact) mass is 464 g/mol. The quantitative estimate of drug-likeness (QED) is 0.356. The average molecular weight is 464 g/mol. The number of rotatable bonds is 9. The van der Waals surface area contributed by atoms with Crippen molar-refractivity contribution in [3.05, 3.63) is 77.4 Å². The Labute approximate surface area is 193 Å². The van der Waals surface area contributed by atoms with Crippen LogP contribution in [0, 0.1) is 0 Å². The van der Waals surface area contributed by atoms with E-state index < -0.39 is 12.1 Å². The van der Waals surface area contributed by atoms with E-state index in [2.05, 4.69) is 8.75 Å². The number of fused-ring (bicyclic) bond motifs is 1. The molecular formula is C24H20N2O6S. The largest absolute Gasteiger partial charge is 0.497 e. The molecule has 0 saturated carbocycles. The summed E-state index contributed by atoms with van der Waals surface area (Å²) < 4.78 is 25.2. The molecule has 0 spiro atoms. The highest BCUT2D eigenvalue weighted by Gasteiger charge is 2.24. The number of hydrogen-bond donors (Lipinski definition) is 1. The number of methoxy groups -OCH3 is 1. The number of carbonyl (C=O) groups excluding carboxylic acids is 1. The Bertz CT molecular complexity index is 1300. The van der Waals surface area contributed by atoms with Crippen molar-refractivity contribution >= 4 is 34.5 Å². The van der Waals surface area contributed by atoms with Gasteiger partial charge in [-0.25, -0.2) is 4.79 Å². The normalized spacial score (nSPS) is 11.7. The predicted molar refractivity (Wildman–Crippen MR) is 122 cm³/mol. The van der Waals surface area contributed by atoms with Crippen molar-refractivity contribution in [1.82, 2.24) is 8.75 Å². The van der Waals surface area contributed by atoms with E-state index in [0.29, 0.717) is 17.1 Å². The fourth-order valence-electron chi connectivity index (χ4n) is 3.23. The Morgan fingerprint density at radius 2 is 1.70 bits per heavy atom. The van der Waals surface area contributed by atoms with E-state index in [9.17, 15) is 14.7 Å². The topological polar surface area (TPSA) is 108 Å². The average Bonchev–Trinajstić information content (AvgIpc) is 3.29. The molecule has 1 N–H and O–H groups in total. The Hall–Kier alpha value is -3.98. The molecular weight excluding hydrogens is 444 g/mol. The van der Waals surface area contributed by atoms with Crippen LogP contribution < -0.4 is 14.2 Å². The molecule has 0 radical (unpaired) electrons. The van der Waals surface area contributed by atoms with Crippen LogP contribution in [0.5, 0.6) is 17.2 Å². The van der Waals surface area contributed by atoms with Crippen LogP contribution in [0.3, 0.4) is 0 Å². The first-order valence-corrected chi connectivity index (χ1v) is 10.7. The molecule has 1 aromatic heterocycles. The first-order chi connectivity index (χ1) is 15.9. The number of hydrogen-bond acceptors (Lipinski definition) is 8. The lowest BCUT2D eigenvalue weighted by atomic mass is 10.1. The third-order valence-corrected chi connectivity index (χ3v) is 5.50. The van der Waals surface area contributed by atoms with Crippen LogP contribution in [0.25, 0.3) is 11.0 Å². The van der Waals surface area contributed by atoms with E-state index in [4.69, 9.17) is 14.2 Å². The van der Waals surface area contributed by atoms with E-state index in [1.807, 2.05) is 18.2 Å². The molecule has 0 aliphatic rings. The molecule has 8 nitrogen and oxygen atoms in total. The lowest BCUT2D eigenvalue weighted by molar-refractivity contribution is -0.145. The molecule has 3 aromatic carbocycles. The van der Waals surface area contributed by atoms with Crippen LogP contribution in [-0.2, 0) is 11.4 Å². The van der Waals surface area contributed by atoms with Gasteiger partial charge in [0.2, 0.25) is 6.10 Å². The minimum atomic E-state index is -1.32. The van der Waals surface area contributed by atoms with Gasteiger partial charge in [0.1, 0.15) is 34.9 Å². The maximum atomic E-state index is 12.1. The summed E-state index contributed by atoms with van der Waals surface area (Å²) >= 11 is 1.15. The molecule has 0 aliphatic heterocycles. The SMILES string of the molecule is COc1ccc(C(Oc2cc(OCc3ccc4nsnc4c3)ccc2C(C)=O)C(=O)O)cc1. The van der Waals surface area contributed by atoms with Gasteiger partial charge in [0, 0.05) is 11.6 Å². The molecule has 0 saturated heterocycles. The van der Waals surface area contributed by atoms with Crippen LogP contribution in [0.2, 0.25) is 0 Å². The third kappa shape index (κ3) is 5.09. The van der Waals surface area contributed by atoms with Gasteiger partial charge in [-0.2, -0.15) is 8.75 Å². The Morgan fingerprint density at radius 3 is 2.39 bits per heavy atom. The molecule has 1 heterocycles. The highest BCUT2D eigenvalue weighted by atomic mass is 32.1. The molecule has 0 fully saturated rings. The van der Waals surface area contributed by atoms with E-state index in [1.54, 1.807) is 36.4 Å². The number of carboxylic acids is 1. The maximum Gasteiger partial charge on any atom is 0.349 e. The molecule has 4 rings (SSSR count). The number of ketones is 1. The van der Waals surface area contributed by atoms with Gasteiger partial charge < -0.3 is 19.3 Å². The van der Waals surface area contributed by atoms with Gasteiger partial charge in [-0.3, -0.25) is 4.79 Å². The van der Waals surface area contributed by atoms with Crippen LogP contribution in [0.1, 0.15) is 34.5 Å². The zero-order valence-corrected chi connectivity index (χ0v) is 18.7. The van der Waals surface area contributed by atoms with Gasteiger partial charge in [-0.1, -0.05) is 18.2 Å². The summed E-state index contributed by atoms with van der Waals surface area (Å²) in [7, 11) is 1.52. The second-order valence-electron chi connectivity index (χ2n) is 7.20. The van der Waals surface area contributed by atoms with Crippen molar-refractivity contribution in [3.8, 4) is 17.2 Å². The van der Waals surface area contributed by atoms with Crippen molar-refractivity contribution in [2.75, 3.05) is 7.11 Å². The number of carboxylic acid groups (broad SMARTS) is 1. The van der Waals surface area contributed by atoms with Crippen LogP contribution >= 0.6 is 11.7 Å². The van der Waals surface area contributed by atoms with Crippen molar-refractivity contribution in [3.63, 3.8) is 0 Å². The second kappa shape index (κ2) is 9.66. The number of carbonyl (C=O) groups is 2. The standard InChI is InChI=1S/C24H20N2O6S/c1-14(27)19-9-8-18(31-13-15-3-10-20-21(11-15)26-33-25-20)12-22(19)32-23(24(28)29)16-4-6-17(30-2)7-5-16/h3-12,23H,13H2,1-2H3,(H,28,29). The summed E-state index contributed by atoms with van der Waals surface area (Å²) in [4.78, 5) is 24.1. The minimum absolute atomic E-state index is 0.127. The fraction of sp³-hybridized carbons (Fsp3) is 0.167. The molecule has 0 aliphatic carbocycles. The molecule has 168 valence electrons. The lowest BCUT2D eigenvalue weighted by Gasteiger charge is -2.18. The Kier molecular flexibility index (Phi) is 6.50. The lowest BCUT2D eigenvalue weighted by Crippen LogP contribution is -2.19. The molecule has 0 amide bonds. The summed E-state index contributed by atoms with van der Waals surface area (Å²) in [5.41, 5.74) is 3.19. The van der Waals surface area contributed by atoms with Gasteiger partial charge in [0.05, 0.1) is 24.4 Å².